The fourth-order valence-electron chi connectivity index (χ4n) is 1.90. The highest BCUT2D eigenvalue weighted by Gasteiger charge is 2.19. The molecule has 1 aliphatic rings. The lowest BCUT2D eigenvalue weighted by atomic mass is 10.1. The van der Waals surface area contributed by atoms with Crippen molar-refractivity contribution in [3.63, 3.8) is 0 Å². The molecule has 0 bridgehead atoms. The van der Waals surface area contributed by atoms with Gasteiger partial charge in [-0.15, -0.1) is 0 Å². The summed E-state index contributed by atoms with van der Waals surface area (Å²) in [5.74, 6) is -0.575. The molecular weight excluding hydrogens is 210 g/mol. The van der Waals surface area contributed by atoms with Gasteiger partial charge in [0, 0.05) is 18.8 Å². The summed E-state index contributed by atoms with van der Waals surface area (Å²) < 4.78 is 25.8. The zero-order valence-electron chi connectivity index (χ0n) is 9.16. The predicted octanol–water partition coefficient (Wildman–Crippen LogP) is 2.84. The molecule has 0 aromatic carbocycles. The molecule has 0 saturated heterocycles. The smallest absolute Gasteiger partial charge is 0.212 e. The first kappa shape index (κ1) is 11.2. The quantitative estimate of drug-likeness (QED) is 0.718. The third-order valence-electron chi connectivity index (χ3n) is 2.92. The summed E-state index contributed by atoms with van der Waals surface area (Å²) in [6.45, 7) is 3.14. The Balaban J connectivity index is 2.10. The van der Waals surface area contributed by atoms with Crippen LogP contribution in [0, 0.1) is 5.95 Å². The van der Waals surface area contributed by atoms with Crippen molar-refractivity contribution in [2.75, 3.05) is 13.1 Å². The maximum Gasteiger partial charge on any atom is 0.212 e. The average Bonchev–Trinajstić information content (AvgIpc) is 2.29. The summed E-state index contributed by atoms with van der Waals surface area (Å²) in [7, 11) is 0. The van der Waals surface area contributed by atoms with Crippen molar-refractivity contribution in [3.8, 4) is 0 Å². The fourth-order valence-corrected chi connectivity index (χ4v) is 1.90. The van der Waals surface area contributed by atoms with Crippen molar-refractivity contribution >= 4 is 0 Å². The third-order valence-corrected chi connectivity index (χ3v) is 2.92. The molecule has 0 aliphatic carbocycles. The number of halogens is 2. The number of rotatable bonds is 2. The van der Waals surface area contributed by atoms with Gasteiger partial charge in [0.1, 0.15) is 5.83 Å². The molecule has 1 aromatic rings. The van der Waals surface area contributed by atoms with E-state index in [1.165, 1.54) is 12.3 Å². The summed E-state index contributed by atoms with van der Waals surface area (Å²) >= 11 is 0. The second kappa shape index (κ2) is 4.70. The summed E-state index contributed by atoms with van der Waals surface area (Å²) in [4.78, 5) is 5.63. The first-order valence-corrected chi connectivity index (χ1v) is 5.37. The summed E-state index contributed by atoms with van der Waals surface area (Å²) in [6.07, 6.45) is 3.85. The average molecular weight is 224 g/mol. The van der Waals surface area contributed by atoms with E-state index in [2.05, 4.69) is 4.98 Å². The molecular formula is C12H14F2N2. The van der Waals surface area contributed by atoms with Crippen LogP contribution < -0.4 is 0 Å². The second-order valence-corrected chi connectivity index (χ2v) is 4.00. The summed E-state index contributed by atoms with van der Waals surface area (Å²) in [6, 6.07) is 3.10. The van der Waals surface area contributed by atoms with Crippen LogP contribution in [0.3, 0.4) is 0 Å². The van der Waals surface area contributed by atoms with Crippen LogP contribution in [0.1, 0.15) is 24.9 Å². The van der Waals surface area contributed by atoms with Gasteiger partial charge >= 0.3 is 0 Å². The van der Waals surface area contributed by atoms with Crippen LogP contribution >= 0.6 is 0 Å². The van der Waals surface area contributed by atoms with Crippen LogP contribution in [-0.4, -0.2) is 23.0 Å². The Morgan fingerprint density at radius 3 is 2.81 bits per heavy atom. The second-order valence-electron chi connectivity index (χ2n) is 4.00. The lowest BCUT2D eigenvalue weighted by molar-refractivity contribution is 0.207. The van der Waals surface area contributed by atoms with Gasteiger partial charge in [-0.1, -0.05) is 12.1 Å². The van der Waals surface area contributed by atoms with E-state index in [9.17, 15) is 8.78 Å². The van der Waals surface area contributed by atoms with E-state index < -0.39 is 5.95 Å². The molecule has 86 valence electrons. The molecule has 0 spiro atoms. The molecule has 4 heteroatoms. The van der Waals surface area contributed by atoms with Crippen molar-refractivity contribution in [2.45, 2.75) is 19.4 Å². The van der Waals surface area contributed by atoms with Crippen LogP contribution in [0.2, 0.25) is 0 Å². The molecule has 0 radical (unpaired) electrons. The van der Waals surface area contributed by atoms with Crippen LogP contribution in [0.5, 0.6) is 0 Å². The van der Waals surface area contributed by atoms with E-state index in [-0.39, 0.29) is 11.9 Å². The fraction of sp³-hybridized carbons (Fsp3) is 0.417. The number of pyridine rings is 1. The Morgan fingerprint density at radius 2 is 2.19 bits per heavy atom. The molecule has 1 atom stereocenters. The minimum absolute atomic E-state index is 0.0625. The maximum absolute atomic E-state index is 13.1. The van der Waals surface area contributed by atoms with Crippen LogP contribution in [0.25, 0.3) is 0 Å². The minimum atomic E-state index is -0.485. The topological polar surface area (TPSA) is 16.1 Å². The Hall–Kier alpha value is -1.29. The van der Waals surface area contributed by atoms with Gasteiger partial charge in [0.05, 0.1) is 6.54 Å². The predicted molar refractivity (Wildman–Crippen MR) is 58.0 cm³/mol. The Bertz CT molecular complexity index is 387. The standard InChI is InChI=1S/C12H14F2N2/c1-9(10-4-5-12(14)15-7-10)16-6-2-3-11(13)8-16/h3-5,7,9H,2,6,8H2,1H3. The van der Waals surface area contributed by atoms with Gasteiger partial charge in [-0.3, -0.25) is 4.90 Å². The summed E-state index contributed by atoms with van der Waals surface area (Å²) in [5, 5.41) is 0. The van der Waals surface area contributed by atoms with Gasteiger partial charge in [0.25, 0.3) is 0 Å². The molecule has 1 aromatic heterocycles. The van der Waals surface area contributed by atoms with Gasteiger partial charge in [-0.2, -0.15) is 4.39 Å². The van der Waals surface area contributed by atoms with E-state index in [1.54, 1.807) is 12.1 Å². The maximum atomic E-state index is 13.1. The first-order chi connectivity index (χ1) is 7.66. The van der Waals surface area contributed by atoms with Crippen molar-refractivity contribution in [1.82, 2.24) is 9.88 Å². The Morgan fingerprint density at radius 1 is 1.38 bits per heavy atom. The molecule has 0 saturated carbocycles. The van der Waals surface area contributed by atoms with Crippen molar-refractivity contribution in [1.29, 1.82) is 0 Å². The summed E-state index contributed by atoms with van der Waals surface area (Å²) in [5.41, 5.74) is 0.913. The zero-order chi connectivity index (χ0) is 11.5. The van der Waals surface area contributed by atoms with Crippen LogP contribution in [0.15, 0.2) is 30.2 Å². The van der Waals surface area contributed by atoms with Gasteiger partial charge in [0.2, 0.25) is 5.95 Å². The van der Waals surface area contributed by atoms with Crippen molar-refractivity contribution in [2.24, 2.45) is 0 Å². The van der Waals surface area contributed by atoms with E-state index in [4.69, 9.17) is 0 Å². The number of nitrogens with zero attached hydrogens (tertiary/aromatic N) is 2. The highest BCUT2D eigenvalue weighted by Crippen LogP contribution is 2.23. The zero-order valence-corrected chi connectivity index (χ0v) is 9.16. The molecule has 0 fully saturated rings. The molecule has 2 nitrogen and oxygen atoms in total. The van der Waals surface area contributed by atoms with Gasteiger partial charge in [0.15, 0.2) is 0 Å². The van der Waals surface area contributed by atoms with Gasteiger partial charge in [-0.25, -0.2) is 9.37 Å². The number of hydrogen-bond acceptors (Lipinski definition) is 2. The minimum Gasteiger partial charge on any atom is -0.290 e. The molecule has 1 aliphatic heterocycles. The SMILES string of the molecule is CC(c1ccc(F)nc1)N1CCC=C(F)C1. The lowest BCUT2D eigenvalue weighted by Crippen LogP contribution is -2.31. The first-order valence-electron chi connectivity index (χ1n) is 5.37. The molecule has 0 amide bonds. The van der Waals surface area contributed by atoms with Crippen LogP contribution in [0.4, 0.5) is 8.78 Å². The van der Waals surface area contributed by atoms with Crippen molar-refractivity contribution < 1.29 is 8.78 Å². The monoisotopic (exact) mass is 224 g/mol. The van der Waals surface area contributed by atoms with Gasteiger partial charge in [-0.05, 0) is 25.0 Å². The molecule has 16 heavy (non-hydrogen) atoms. The number of hydrogen-bond donors (Lipinski definition) is 0. The van der Waals surface area contributed by atoms with Crippen molar-refractivity contribution in [3.05, 3.63) is 41.7 Å². The van der Waals surface area contributed by atoms with Gasteiger partial charge < -0.3 is 0 Å². The van der Waals surface area contributed by atoms with Crippen LogP contribution in [-0.2, 0) is 0 Å². The largest absolute Gasteiger partial charge is 0.290 e. The lowest BCUT2D eigenvalue weighted by Gasteiger charge is -2.30. The van der Waals surface area contributed by atoms with E-state index in [1.807, 2.05) is 11.8 Å². The highest BCUT2D eigenvalue weighted by atomic mass is 19.1. The van der Waals surface area contributed by atoms with E-state index >= 15 is 0 Å². The number of aromatic nitrogens is 1. The molecule has 1 unspecified atom stereocenters. The Labute approximate surface area is 93.6 Å². The van der Waals surface area contributed by atoms with E-state index in [0.717, 1.165) is 18.5 Å². The highest BCUT2D eigenvalue weighted by molar-refractivity contribution is 5.15. The normalized spacial score (nSPS) is 19.3. The Kier molecular flexibility index (Phi) is 3.29. The molecule has 2 heterocycles. The molecule has 0 N–H and O–H groups in total. The third kappa shape index (κ3) is 2.44. The molecule has 2 rings (SSSR count). The van der Waals surface area contributed by atoms with E-state index in [0.29, 0.717) is 6.54 Å².